The summed E-state index contributed by atoms with van der Waals surface area (Å²) in [5.41, 5.74) is 2.90. The van der Waals surface area contributed by atoms with Gasteiger partial charge < -0.3 is 5.32 Å². The lowest BCUT2D eigenvalue weighted by Crippen LogP contribution is -2.38. The van der Waals surface area contributed by atoms with Gasteiger partial charge in [0.15, 0.2) is 0 Å². The first kappa shape index (κ1) is 22.3. The minimum Gasteiger partial charge on any atom is -0.325 e. The van der Waals surface area contributed by atoms with Crippen LogP contribution in [0.1, 0.15) is 15.4 Å². The van der Waals surface area contributed by atoms with Gasteiger partial charge in [0.2, 0.25) is 5.91 Å². The Labute approximate surface area is 193 Å². The molecule has 0 aliphatic rings. The van der Waals surface area contributed by atoms with E-state index in [0.29, 0.717) is 11.4 Å². The summed E-state index contributed by atoms with van der Waals surface area (Å²) in [4.78, 5) is 31.5. The molecule has 0 unspecified atom stereocenters. The Bertz CT molecular complexity index is 1270. The highest BCUT2D eigenvalue weighted by Crippen LogP contribution is 2.23. The van der Waals surface area contributed by atoms with E-state index in [0.717, 1.165) is 16.3 Å². The fourth-order valence-electron chi connectivity index (χ4n) is 3.21. The van der Waals surface area contributed by atoms with Crippen molar-refractivity contribution in [3.8, 4) is 11.3 Å². The van der Waals surface area contributed by atoms with E-state index in [-0.39, 0.29) is 12.1 Å². The molecule has 0 atom stereocenters. The number of thiazole rings is 1. The van der Waals surface area contributed by atoms with Crippen molar-refractivity contribution in [2.75, 3.05) is 16.8 Å². The van der Waals surface area contributed by atoms with Gasteiger partial charge in [-0.2, -0.15) is 0 Å². The van der Waals surface area contributed by atoms with Crippen molar-refractivity contribution in [2.24, 2.45) is 0 Å². The van der Waals surface area contributed by atoms with Crippen molar-refractivity contribution in [1.82, 2.24) is 4.98 Å². The third-order valence-corrected chi connectivity index (χ3v) is 5.63. The molecule has 0 aliphatic heterocycles. The van der Waals surface area contributed by atoms with Crippen molar-refractivity contribution in [3.05, 3.63) is 100 Å². The number of nitrogens with zero attached hydrogens (tertiary/aromatic N) is 2. The van der Waals surface area contributed by atoms with Gasteiger partial charge in [-0.05, 0) is 67.6 Å². The number of nitrogens with one attached hydrogen (secondary N) is 1. The predicted molar refractivity (Wildman–Crippen MR) is 125 cm³/mol. The van der Waals surface area contributed by atoms with Crippen LogP contribution in [0.2, 0.25) is 0 Å². The molecule has 0 radical (unpaired) electrons. The molecule has 3 aromatic carbocycles. The normalized spacial score (nSPS) is 10.6. The van der Waals surface area contributed by atoms with Crippen molar-refractivity contribution >= 4 is 34.5 Å². The van der Waals surface area contributed by atoms with Gasteiger partial charge >= 0.3 is 0 Å². The Balaban J connectivity index is 1.51. The number of hydrogen-bond acceptors (Lipinski definition) is 4. The lowest BCUT2D eigenvalue weighted by molar-refractivity contribution is -0.114. The Morgan fingerprint density at radius 2 is 1.52 bits per heavy atom. The molecule has 1 aromatic heterocycles. The highest BCUT2D eigenvalue weighted by Gasteiger charge is 2.21. The number of carbonyl (C=O) groups excluding carboxylic acids is 2. The molecule has 0 bridgehead atoms. The van der Waals surface area contributed by atoms with Crippen LogP contribution in [0.4, 0.5) is 20.2 Å². The average Bonchev–Trinajstić information content (AvgIpc) is 3.25. The summed E-state index contributed by atoms with van der Waals surface area (Å²) < 4.78 is 26.7. The van der Waals surface area contributed by atoms with Crippen LogP contribution in [0.3, 0.4) is 0 Å². The van der Waals surface area contributed by atoms with Crippen LogP contribution in [0.15, 0.2) is 78.2 Å². The van der Waals surface area contributed by atoms with Crippen molar-refractivity contribution in [3.63, 3.8) is 0 Å². The summed E-state index contributed by atoms with van der Waals surface area (Å²) >= 11 is 1.56. The van der Waals surface area contributed by atoms with Crippen LogP contribution in [-0.4, -0.2) is 23.3 Å². The van der Waals surface area contributed by atoms with E-state index in [1.165, 1.54) is 53.4 Å². The maximum atomic E-state index is 13.4. The molecule has 4 aromatic rings. The van der Waals surface area contributed by atoms with Crippen LogP contribution in [0, 0.1) is 18.6 Å². The summed E-state index contributed by atoms with van der Waals surface area (Å²) in [7, 11) is 0. The van der Waals surface area contributed by atoms with E-state index in [9.17, 15) is 18.4 Å². The van der Waals surface area contributed by atoms with Gasteiger partial charge in [0.25, 0.3) is 5.91 Å². The fraction of sp³-hybridized carbons (Fsp3) is 0.0800. The second kappa shape index (κ2) is 9.70. The Morgan fingerprint density at radius 3 is 2.09 bits per heavy atom. The molecule has 33 heavy (non-hydrogen) atoms. The molecule has 2 amide bonds. The van der Waals surface area contributed by atoms with Crippen LogP contribution in [0.25, 0.3) is 11.3 Å². The second-order valence-corrected chi connectivity index (χ2v) is 8.31. The molecule has 0 spiro atoms. The first-order valence-corrected chi connectivity index (χ1v) is 10.9. The first-order valence-electron chi connectivity index (χ1n) is 10.0. The third-order valence-electron chi connectivity index (χ3n) is 4.86. The van der Waals surface area contributed by atoms with Crippen LogP contribution in [-0.2, 0) is 4.79 Å². The molecule has 0 fully saturated rings. The molecular formula is C25H19F2N3O2S. The maximum absolute atomic E-state index is 13.4. The van der Waals surface area contributed by atoms with Gasteiger partial charge in [0.1, 0.15) is 18.2 Å². The maximum Gasteiger partial charge on any atom is 0.258 e. The predicted octanol–water partition coefficient (Wildman–Crippen LogP) is 5.68. The van der Waals surface area contributed by atoms with E-state index < -0.39 is 23.4 Å². The fourth-order valence-corrected chi connectivity index (χ4v) is 3.84. The van der Waals surface area contributed by atoms with E-state index in [1.54, 1.807) is 23.5 Å². The number of benzene rings is 3. The Hall–Kier alpha value is -3.91. The van der Waals surface area contributed by atoms with Crippen molar-refractivity contribution in [2.45, 2.75) is 6.92 Å². The number of aryl methyl sites for hydroxylation is 1. The number of rotatable bonds is 6. The molecule has 166 valence electrons. The van der Waals surface area contributed by atoms with Gasteiger partial charge in [0, 0.05) is 27.9 Å². The molecule has 0 saturated heterocycles. The third kappa shape index (κ3) is 5.48. The molecule has 5 nitrogen and oxygen atoms in total. The monoisotopic (exact) mass is 463 g/mol. The molecule has 0 aliphatic carbocycles. The lowest BCUT2D eigenvalue weighted by Gasteiger charge is -2.22. The molecule has 1 N–H and O–H groups in total. The van der Waals surface area contributed by atoms with Crippen LogP contribution in [0.5, 0.6) is 0 Å². The largest absolute Gasteiger partial charge is 0.325 e. The zero-order valence-corrected chi connectivity index (χ0v) is 18.4. The van der Waals surface area contributed by atoms with E-state index in [1.807, 2.05) is 24.4 Å². The van der Waals surface area contributed by atoms with Crippen LogP contribution < -0.4 is 10.2 Å². The minimum atomic E-state index is -0.508. The second-order valence-electron chi connectivity index (χ2n) is 7.25. The molecule has 0 saturated carbocycles. The number of aromatic nitrogens is 1. The quantitative estimate of drug-likeness (QED) is 0.400. The number of carbonyl (C=O) groups is 2. The number of halogens is 2. The van der Waals surface area contributed by atoms with Crippen molar-refractivity contribution in [1.29, 1.82) is 0 Å². The SMILES string of the molecule is Cc1nc(-c2ccc(NC(=O)CN(C(=O)c3ccc(F)cc3)c3ccc(F)cc3)cc2)cs1. The number of hydrogen-bond donors (Lipinski definition) is 1. The summed E-state index contributed by atoms with van der Waals surface area (Å²) in [6.07, 6.45) is 0. The lowest BCUT2D eigenvalue weighted by atomic mass is 10.1. The molecule has 1 heterocycles. The van der Waals surface area contributed by atoms with Gasteiger partial charge in [-0.1, -0.05) is 12.1 Å². The van der Waals surface area contributed by atoms with Gasteiger partial charge in [-0.25, -0.2) is 13.8 Å². The molecule has 8 heteroatoms. The van der Waals surface area contributed by atoms with Gasteiger partial charge in [-0.15, -0.1) is 11.3 Å². The van der Waals surface area contributed by atoms with Crippen molar-refractivity contribution < 1.29 is 18.4 Å². The first-order chi connectivity index (χ1) is 15.9. The van der Waals surface area contributed by atoms with Gasteiger partial charge in [-0.3, -0.25) is 14.5 Å². The van der Waals surface area contributed by atoms with Crippen LogP contribution >= 0.6 is 11.3 Å². The Morgan fingerprint density at radius 1 is 0.909 bits per heavy atom. The standard InChI is InChI=1S/C25H19F2N3O2S/c1-16-28-23(15-33-16)17-4-10-21(11-5-17)29-24(31)14-30(22-12-8-20(27)9-13-22)25(32)18-2-6-19(26)7-3-18/h2-13,15H,14H2,1H3,(H,29,31). The van der Waals surface area contributed by atoms with E-state index in [4.69, 9.17) is 0 Å². The topological polar surface area (TPSA) is 62.3 Å². The summed E-state index contributed by atoms with van der Waals surface area (Å²) in [6.45, 7) is 1.62. The summed E-state index contributed by atoms with van der Waals surface area (Å²) in [5, 5.41) is 5.70. The van der Waals surface area contributed by atoms with E-state index >= 15 is 0 Å². The zero-order chi connectivity index (χ0) is 23.4. The van der Waals surface area contributed by atoms with E-state index in [2.05, 4.69) is 10.3 Å². The molecular weight excluding hydrogens is 444 g/mol. The Kier molecular flexibility index (Phi) is 6.55. The number of anilines is 2. The highest BCUT2D eigenvalue weighted by molar-refractivity contribution is 7.09. The number of amides is 2. The zero-order valence-electron chi connectivity index (χ0n) is 17.6. The smallest absolute Gasteiger partial charge is 0.258 e. The summed E-state index contributed by atoms with van der Waals surface area (Å²) in [6, 6.07) is 17.5. The highest BCUT2D eigenvalue weighted by atomic mass is 32.1. The summed E-state index contributed by atoms with van der Waals surface area (Å²) in [5.74, 6) is -1.89. The average molecular weight is 464 g/mol. The minimum absolute atomic E-state index is 0.205. The van der Waals surface area contributed by atoms with Gasteiger partial charge in [0.05, 0.1) is 10.7 Å². The molecule has 4 rings (SSSR count).